The lowest BCUT2D eigenvalue weighted by Gasteiger charge is -2.16. The number of carbonyl (C=O) groups is 3. The Balaban J connectivity index is 1.69. The number of aromatic nitrogens is 1. The van der Waals surface area contributed by atoms with E-state index in [1.807, 2.05) is 0 Å². The highest BCUT2D eigenvalue weighted by atomic mass is 32.2. The third-order valence-electron chi connectivity index (χ3n) is 6.29. The number of Topliss-reactive ketones (excluding diaryl/α,β-unsaturated/α-hetero) is 1. The number of ether oxygens (including phenoxy) is 3. The molecular formula is C27H32N2O9S. The molecule has 0 fully saturated rings. The number of carboxylic acid groups (broad SMARTS) is 1. The molecule has 2 aromatic carbocycles. The summed E-state index contributed by atoms with van der Waals surface area (Å²) in [4.78, 5) is 37.3. The number of nitrogens with one attached hydrogen (secondary N) is 1. The highest BCUT2D eigenvalue weighted by Crippen LogP contribution is 2.38. The molecular weight excluding hydrogens is 528 g/mol. The van der Waals surface area contributed by atoms with Crippen LogP contribution in [0.4, 0.5) is 0 Å². The zero-order valence-corrected chi connectivity index (χ0v) is 23.0. The fraction of sp³-hybridized carbons (Fsp3) is 0.370. The van der Waals surface area contributed by atoms with Crippen molar-refractivity contribution in [3.05, 3.63) is 53.7 Å². The fourth-order valence-electron chi connectivity index (χ4n) is 4.42. The van der Waals surface area contributed by atoms with Crippen molar-refractivity contribution < 1.29 is 42.1 Å². The van der Waals surface area contributed by atoms with Crippen LogP contribution in [0, 0.1) is 5.92 Å². The van der Waals surface area contributed by atoms with E-state index in [2.05, 4.69) is 5.32 Å². The molecule has 12 heteroatoms. The zero-order valence-electron chi connectivity index (χ0n) is 22.2. The third kappa shape index (κ3) is 7.08. The average Bonchev–Trinajstić information content (AvgIpc) is 3.30. The predicted molar refractivity (Wildman–Crippen MR) is 144 cm³/mol. The number of carboxylic acids is 1. The number of aliphatic carboxylic acids is 1. The first-order chi connectivity index (χ1) is 18.5. The summed E-state index contributed by atoms with van der Waals surface area (Å²) in [6, 6.07) is 10.1. The Labute approximate surface area is 226 Å². The van der Waals surface area contributed by atoms with E-state index in [1.54, 1.807) is 36.4 Å². The predicted octanol–water partition coefficient (Wildman–Crippen LogP) is 2.89. The van der Waals surface area contributed by atoms with E-state index in [0.717, 1.165) is 15.8 Å². The van der Waals surface area contributed by atoms with Crippen molar-refractivity contribution in [2.45, 2.75) is 25.7 Å². The smallest absolute Gasteiger partial charge is 0.304 e. The van der Waals surface area contributed by atoms with Gasteiger partial charge in [-0.2, -0.15) is 0 Å². The second-order valence-electron chi connectivity index (χ2n) is 8.98. The van der Waals surface area contributed by atoms with Crippen LogP contribution in [0.1, 0.15) is 35.2 Å². The normalized spacial score (nSPS) is 12.1. The molecule has 0 spiro atoms. The van der Waals surface area contributed by atoms with Gasteiger partial charge in [-0.15, -0.1) is 0 Å². The van der Waals surface area contributed by atoms with Gasteiger partial charge >= 0.3 is 5.97 Å². The van der Waals surface area contributed by atoms with Crippen molar-refractivity contribution in [2.75, 3.05) is 34.1 Å². The van der Waals surface area contributed by atoms with Crippen LogP contribution >= 0.6 is 0 Å². The molecule has 0 aliphatic carbocycles. The first-order valence-electron chi connectivity index (χ1n) is 12.1. The van der Waals surface area contributed by atoms with Gasteiger partial charge < -0.3 is 24.6 Å². The molecule has 1 unspecified atom stereocenters. The molecule has 0 saturated carbocycles. The van der Waals surface area contributed by atoms with Gasteiger partial charge in [0.15, 0.2) is 17.3 Å². The lowest BCUT2D eigenvalue weighted by Crippen LogP contribution is -2.35. The van der Waals surface area contributed by atoms with Crippen LogP contribution in [0.15, 0.2) is 42.6 Å². The van der Waals surface area contributed by atoms with Gasteiger partial charge in [0.05, 0.1) is 46.1 Å². The number of rotatable bonds is 14. The van der Waals surface area contributed by atoms with E-state index >= 15 is 0 Å². The summed E-state index contributed by atoms with van der Waals surface area (Å²) >= 11 is 0. The molecule has 1 aromatic heterocycles. The Kier molecular flexibility index (Phi) is 9.57. The van der Waals surface area contributed by atoms with Crippen molar-refractivity contribution >= 4 is 38.6 Å². The molecule has 0 aliphatic rings. The van der Waals surface area contributed by atoms with E-state index in [9.17, 15) is 27.9 Å². The molecule has 3 aromatic rings. The van der Waals surface area contributed by atoms with Crippen molar-refractivity contribution in [3.8, 4) is 17.2 Å². The number of hydrogen-bond acceptors (Lipinski definition) is 8. The van der Waals surface area contributed by atoms with Crippen LogP contribution in [0.5, 0.6) is 17.2 Å². The first kappa shape index (κ1) is 29.5. The SMILES string of the molecule is COc1cc(CCCC(CC(=O)O)C(=O)NCC(=O)c2cn(S(C)(=O)=O)c3ccccc23)cc(OC)c1OC. The number of hydrogen-bond donors (Lipinski definition) is 2. The number of carbonyl (C=O) groups excluding carboxylic acids is 2. The number of para-hydroxylation sites is 1. The van der Waals surface area contributed by atoms with Crippen molar-refractivity contribution in [3.63, 3.8) is 0 Å². The maximum atomic E-state index is 12.9. The topological polar surface area (TPSA) is 150 Å². The van der Waals surface area contributed by atoms with Gasteiger partial charge in [0.25, 0.3) is 0 Å². The van der Waals surface area contributed by atoms with Crippen LogP contribution in [-0.4, -0.2) is 69.3 Å². The second-order valence-corrected chi connectivity index (χ2v) is 10.8. The molecule has 1 atom stereocenters. The van der Waals surface area contributed by atoms with Gasteiger partial charge in [-0.3, -0.25) is 14.4 Å². The zero-order chi connectivity index (χ0) is 28.7. The van der Waals surface area contributed by atoms with Crippen LogP contribution in [-0.2, 0) is 26.0 Å². The number of ketones is 1. The fourth-order valence-corrected chi connectivity index (χ4v) is 5.24. The lowest BCUT2D eigenvalue weighted by atomic mass is 9.95. The molecule has 1 heterocycles. The summed E-state index contributed by atoms with van der Waals surface area (Å²) in [5.41, 5.74) is 1.36. The van der Waals surface area contributed by atoms with Crippen molar-refractivity contribution in [1.82, 2.24) is 9.29 Å². The number of benzene rings is 2. The molecule has 0 aliphatic heterocycles. The minimum Gasteiger partial charge on any atom is -0.493 e. The summed E-state index contributed by atoms with van der Waals surface area (Å²) in [6.07, 6.45) is 3.13. The highest BCUT2D eigenvalue weighted by molar-refractivity contribution is 7.89. The maximum absolute atomic E-state index is 12.9. The van der Waals surface area contributed by atoms with Gasteiger partial charge in [0.2, 0.25) is 21.7 Å². The maximum Gasteiger partial charge on any atom is 0.304 e. The molecule has 3 rings (SSSR count). The number of fused-ring (bicyclic) bond motifs is 1. The van der Waals surface area contributed by atoms with Gasteiger partial charge in [-0.1, -0.05) is 18.2 Å². The Bertz CT molecular complexity index is 1450. The van der Waals surface area contributed by atoms with Crippen LogP contribution in [0.25, 0.3) is 10.9 Å². The summed E-state index contributed by atoms with van der Waals surface area (Å²) < 4.78 is 41.4. The van der Waals surface area contributed by atoms with Gasteiger partial charge in [-0.05, 0) is 43.0 Å². The molecule has 2 N–H and O–H groups in total. The lowest BCUT2D eigenvalue weighted by molar-refractivity contribution is -0.141. The summed E-state index contributed by atoms with van der Waals surface area (Å²) in [5, 5.41) is 12.3. The molecule has 210 valence electrons. The molecule has 0 saturated heterocycles. The minimum atomic E-state index is -3.66. The number of nitrogens with zero attached hydrogens (tertiary/aromatic N) is 1. The van der Waals surface area contributed by atoms with Gasteiger partial charge in [0.1, 0.15) is 0 Å². The summed E-state index contributed by atoms with van der Waals surface area (Å²) in [7, 11) is 0.863. The van der Waals surface area contributed by atoms with E-state index in [-0.39, 0.29) is 12.0 Å². The standard InChI is InChI=1S/C27H32N2O9S/c1-36-23-12-17(13-24(37-2)26(23)38-3)8-7-9-18(14-25(31)32)27(33)28-15-22(30)20-16-29(39(4,34)35)21-11-6-5-10-19(20)21/h5-6,10-13,16,18H,7-9,14-15H2,1-4H3,(H,28,33)(H,31,32). The number of methoxy groups -OCH3 is 3. The summed E-state index contributed by atoms with van der Waals surface area (Å²) in [6.45, 7) is -0.403. The Hall–Kier alpha value is -4.06. The molecule has 11 nitrogen and oxygen atoms in total. The van der Waals surface area contributed by atoms with Gasteiger partial charge in [0, 0.05) is 23.1 Å². The molecule has 39 heavy (non-hydrogen) atoms. The highest BCUT2D eigenvalue weighted by Gasteiger charge is 2.24. The minimum absolute atomic E-state index is 0.147. The Morgan fingerprint density at radius 2 is 1.67 bits per heavy atom. The van der Waals surface area contributed by atoms with Gasteiger partial charge in [-0.25, -0.2) is 12.4 Å². The quantitative estimate of drug-likeness (QED) is 0.284. The van der Waals surface area contributed by atoms with E-state index in [1.165, 1.54) is 27.5 Å². The van der Waals surface area contributed by atoms with Crippen LogP contribution < -0.4 is 19.5 Å². The first-order valence-corrected chi connectivity index (χ1v) is 14.0. The van der Waals surface area contributed by atoms with E-state index < -0.39 is 46.6 Å². The monoisotopic (exact) mass is 560 g/mol. The van der Waals surface area contributed by atoms with Crippen molar-refractivity contribution in [2.24, 2.45) is 5.92 Å². The molecule has 0 radical (unpaired) electrons. The third-order valence-corrected chi connectivity index (χ3v) is 7.31. The number of aryl methyl sites for hydroxylation is 1. The number of amides is 1. The largest absolute Gasteiger partial charge is 0.493 e. The van der Waals surface area contributed by atoms with Crippen LogP contribution in [0.3, 0.4) is 0 Å². The average molecular weight is 561 g/mol. The Morgan fingerprint density at radius 1 is 1.03 bits per heavy atom. The molecule has 0 bridgehead atoms. The Morgan fingerprint density at radius 3 is 2.23 bits per heavy atom. The summed E-state index contributed by atoms with van der Waals surface area (Å²) in [5.74, 6) is -1.63. The van der Waals surface area contributed by atoms with Crippen molar-refractivity contribution in [1.29, 1.82) is 0 Å². The van der Waals surface area contributed by atoms with Crippen LogP contribution in [0.2, 0.25) is 0 Å². The van der Waals surface area contributed by atoms with E-state index in [4.69, 9.17) is 14.2 Å². The second kappa shape index (κ2) is 12.7. The van der Waals surface area contributed by atoms with E-state index in [0.29, 0.717) is 41.0 Å². The molecule has 1 amide bonds.